The molecule has 3 aromatic carbocycles. The molecule has 1 unspecified atom stereocenters. The Kier molecular flexibility index (Phi) is 7.75. The summed E-state index contributed by atoms with van der Waals surface area (Å²) in [5.74, 6) is -0.835. The van der Waals surface area contributed by atoms with E-state index in [1.54, 1.807) is 49.4 Å². The smallest absolute Gasteiger partial charge is 0.387 e. The maximum Gasteiger partial charge on any atom is 0.387 e. The molecular weight excluding hydrogens is 416 g/mol. The molecule has 0 heterocycles. The van der Waals surface area contributed by atoms with Gasteiger partial charge in [-0.1, -0.05) is 48.5 Å². The van der Waals surface area contributed by atoms with Crippen molar-refractivity contribution in [3.63, 3.8) is 0 Å². The molecule has 0 saturated carbocycles. The van der Waals surface area contributed by atoms with Crippen molar-refractivity contribution in [2.24, 2.45) is 0 Å². The first kappa shape index (κ1) is 22.7. The van der Waals surface area contributed by atoms with Gasteiger partial charge in [0.15, 0.2) is 0 Å². The number of carbonyl (C=O) groups is 2. The molecule has 0 aliphatic heterocycles. The van der Waals surface area contributed by atoms with Crippen LogP contribution >= 0.6 is 0 Å². The summed E-state index contributed by atoms with van der Waals surface area (Å²) in [5.41, 5.74) is 7.16. The van der Waals surface area contributed by atoms with E-state index in [4.69, 9.17) is 0 Å². The summed E-state index contributed by atoms with van der Waals surface area (Å²) >= 11 is 0. The second-order valence-corrected chi connectivity index (χ2v) is 7.04. The fourth-order valence-corrected chi connectivity index (χ4v) is 3.04. The number of hydrogen-bond acceptors (Lipinski definition) is 4. The van der Waals surface area contributed by atoms with Gasteiger partial charge in [-0.15, -0.1) is 0 Å². The number of hydrazine groups is 1. The summed E-state index contributed by atoms with van der Waals surface area (Å²) < 4.78 is 30.3. The number of nitrogens with one attached hydrogen (secondary N) is 3. The number of hydrogen-bond donors (Lipinski definition) is 3. The molecule has 0 saturated heterocycles. The summed E-state index contributed by atoms with van der Waals surface area (Å²) in [6.45, 7) is -1.33. The van der Waals surface area contributed by atoms with Crippen LogP contribution in [0.15, 0.2) is 78.9 Å². The van der Waals surface area contributed by atoms with Crippen molar-refractivity contribution < 1.29 is 23.1 Å². The summed E-state index contributed by atoms with van der Waals surface area (Å²) in [6.07, 6.45) is 0.381. The van der Waals surface area contributed by atoms with Crippen molar-refractivity contribution in [3.8, 4) is 5.75 Å². The van der Waals surface area contributed by atoms with Gasteiger partial charge in [0.25, 0.3) is 11.8 Å². The zero-order valence-electron chi connectivity index (χ0n) is 17.3. The quantitative estimate of drug-likeness (QED) is 0.461. The first-order valence-electron chi connectivity index (χ1n) is 9.96. The van der Waals surface area contributed by atoms with Crippen LogP contribution in [0.2, 0.25) is 0 Å². The molecule has 0 aromatic heterocycles. The highest BCUT2D eigenvalue weighted by Gasteiger charge is 2.16. The van der Waals surface area contributed by atoms with Crippen LogP contribution in [0.5, 0.6) is 5.75 Å². The molecule has 0 aliphatic rings. The highest BCUT2D eigenvalue weighted by Crippen LogP contribution is 2.27. The summed E-state index contributed by atoms with van der Waals surface area (Å²) in [4.78, 5) is 24.4. The van der Waals surface area contributed by atoms with Crippen LogP contribution in [0.3, 0.4) is 0 Å². The molecule has 166 valence electrons. The number of carbonyl (C=O) groups excluding carboxylic acids is 2. The number of anilines is 1. The topological polar surface area (TPSA) is 79.5 Å². The van der Waals surface area contributed by atoms with Crippen LogP contribution in [0.4, 0.5) is 14.5 Å². The zero-order valence-corrected chi connectivity index (χ0v) is 17.3. The average molecular weight is 439 g/mol. The van der Waals surface area contributed by atoms with Crippen LogP contribution in [0, 0.1) is 0 Å². The summed E-state index contributed by atoms with van der Waals surface area (Å²) in [5, 5.41) is 3.01. The Morgan fingerprint density at radius 2 is 1.56 bits per heavy atom. The molecule has 32 heavy (non-hydrogen) atoms. The SMILES string of the molecule is CC(Nc1ccc(OC(F)F)c(Cc2ccccc2)c1)C(=O)NNC(=O)c1ccccc1. The third-order valence-corrected chi connectivity index (χ3v) is 4.63. The number of halogens is 2. The molecule has 2 amide bonds. The standard InChI is InChI=1S/C24H23F2N3O3/c1-16(22(30)28-29-23(31)18-10-6-3-7-11-18)27-20-12-13-21(32-24(25)26)19(15-20)14-17-8-4-2-5-9-17/h2-13,15-16,24,27H,14H2,1H3,(H,28,30)(H,29,31). The van der Waals surface area contributed by atoms with Gasteiger partial charge in [0, 0.05) is 23.2 Å². The molecule has 0 fully saturated rings. The normalized spacial score (nSPS) is 11.5. The second kappa shape index (κ2) is 10.9. The maximum absolute atomic E-state index is 12.8. The third kappa shape index (κ3) is 6.53. The first-order chi connectivity index (χ1) is 15.4. The summed E-state index contributed by atoms with van der Waals surface area (Å²) in [7, 11) is 0. The van der Waals surface area contributed by atoms with Crippen molar-refractivity contribution in [2.45, 2.75) is 26.0 Å². The van der Waals surface area contributed by atoms with E-state index < -0.39 is 24.5 Å². The Bertz CT molecular complexity index is 1050. The highest BCUT2D eigenvalue weighted by atomic mass is 19.3. The van der Waals surface area contributed by atoms with Crippen molar-refractivity contribution in [3.05, 3.63) is 95.6 Å². The van der Waals surface area contributed by atoms with Crippen LogP contribution in [-0.2, 0) is 11.2 Å². The van der Waals surface area contributed by atoms with Gasteiger partial charge in [-0.05, 0) is 42.8 Å². The van der Waals surface area contributed by atoms with E-state index in [0.29, 0.717) is 23.2 Å². The highest BCUT2D eigenvalue weighted by molar-refractivity contribution is 5.96. The van der Waals surface area contributed by atoms with Crippen LogP contribution in [-0.4, -0.2) is 24.5 Å². The Hall–Kier alpha value is -3.94. The predicted molar refractivity (Wildman–Crippen MR) is 117 cm³/mol. The van der Waals surface area contributed by atoms with Crippen molar-refractivity contribution in [2.75, 3.05) is 5.32 Å². The number of benzene rings is 3. The number of alkyl halides is 2. The number of amides is 2. The van der Waals surface area contributed by atoms with Gasteiger partial charge in [0.2, 0.25) is 0 Å². The molecule has 0 radical (unpaired) electrons. The molecule has 1 atom stereocenters. The zero-order chi connectivity index (χ0) is 22.9. The van der Waals surface area contributed by atoms with Gasteiger partial charge in [0.1, 0.15) is 11.8 Å². The molecular formula is C24H23F2N3O3. The van der Waals surface area contributed by atoms with Gasteiger partial charge in [-0.3, -0.25) is 20.4 Å². The molecule has 0 bridgehead atoms. The molecule has 3 aromatic rings. The maximum atomic E-state index is 12.8. The van der Waals surface area contributed by atoms with Crippen LogP contribution < -0.4 is 20.9 Å². The van der Waals surface area contributed by atoms with E-state index in [1.165, 1.54) is 6.07 Å². The predicted octanol–water partition coefficient (Wildman–Crippen LogP) is 4.14. The Balaban J connectivity index is 1.65. The van der Waals surface area contributed by atoms with Gasteiger partial charge in [0.05, 0.1) is 0 Å². The average Bonchev–Trinajstić information content (AvgIpc) is 2.80. The lowest BCUT2D eigenvalue weighted by Gasteiger charge is -2.18. The van der Waals surface area contributed by atoms with Crippen LogP contribution in [0.1, 0.15) is 28.4 Å². The Morgan fingerprint density at radius 1 is 0.906 bits per heavy atom. The van der Waals surface area contributed by atoms with Crippen molar-refractivity contribution in [1.29, 1.82) is 0 Å². The van der Waals surface area contributed by atoms with Gasteiger partial charge < -0.3 is 10.1 Å². The molecule has 0 spiro atoms. The van der Waals surface area contributed by atoms with E-state index >= 15 is 0 Å². The van der Waals surface area contributed by atoms with Gasteiger partial charge >= 0.3 is 6.61 Å². The fourth-order valence-electron chi connectivity index (χ4n) is 3.04. The molecule has 3 rings (SSSR count). The van der Waals surface area contributed by atoms with E-state index in [1.807, 2.05) is 30.3 Å². The largest absolute Gasteiger partial charge is 0.435 e. The monoisotopic (exact) mass is 439 g/mol. The Labute approximate surface area is 184 Å². The van der Waals surface area contributed by atoms with Crippen molar-refractivity contribution in [1.82, 2.24) is 10.9 Å². The van der Waals surface area contributed by atoms with Gasteiger partial charge in [-0.25, -0.2) is 0 Å². The van der Waals surface area contributed by atoms with Crippen LogP contribution in [0.25, 0.3) is 0 Å². The minimum atomic E-state index is -2.94. The second-order valence-electron chi connectivity index (χ2n) is 7.04. The lowest BCUT2D eigenvalue weighted by atomic mass is 10.0. The first-order valence-corrected chi connectivity index (χ1v) is 9.96. The fraction of sp³-hybridized carbons (Fsp3) is 0.167. The van der Waals surface area contributed by atoms with E-state index in [0.717, 1.165) is 5.56 Å². The number of rotatable bonds is 8. The molecule has 8 heteroatoms. The minimum Gasteiger partial charge on any atom is -0.435 e. The lowest BCUT2D eigenvalue weighted by Crippen LogP contribution is -2.47. The van der Waals surface area contributed by atoms with E-state index in [2.05, 4.69) is 20.9 Å². The third-order valence-electron chi connectivity index (χ3n) is 4.63. The number of ether oxygens (including phenoxy) is 1. The van der Waals surface area contributed by atoms with Crippen molar-refractivity contribution >= 4 is 17.5 Å². The minimum absolute atomic E-state index is 0.0710. The van der Waals surface area contributed by atoms with Gasteiger partial charge in [-0.2, -0.15) is 8.78 Å². The lowest BCUT2D eigenvalue weighted by molar-refractivity contribution is -0.122. The molecule has 3 N–H and O–H groups in total. The van der Waals surface area contributed by atoms with E-state index in [9.17, 15) is 18.4 Å². The van der Waals surface area contributed by atoms with E-state index in [-0.39, 0.29) is 5.75 Å². The molecule has 0 aliphatic carbocycles. The summed E-state index contributed by atoms with van der Waals surface area (Å²) in [6, 6.07) is 21.8. The molecule has 6 nitrogen and oxygen atoms in total. The Morgan fingerprint density at radius 3 is 2.22 bits per heavy atom.